The Bertz CT molecular complexity index is 345. The lowest BCUT2D eigenvalue weighted by Gasteiger charge is -2.09. The van der Waals surface area contributed by atoms with Gasteiger partial charge >= 0.3 is 6.03 Å². The summed E-state index contributed by atoms with van der Waals surface area (Å²) in [5.41, 5.74) is 0. The molecule has 1 unspecified atom stereocenters. The summed E-state index contributed by atoms with van der Waals surface area (Å²) in [5.74, 6) is 0.943. The van der Waals surface area contributed by atoms with E-state index in [0.717, 1.165) is 6.42 Å². The number of carbonyl (C=O) groups excluding carboxylic acids is 1. The van der Waals surface area contributed by atoms with Gasteiger partial charge in [-0.2, -0.15) is 4.98 Å². The number of ether oxygens (including phenoxy) is 1. The second kappa shape index (κ2) is 4.26. The lowest BCUT2D eigenvalue weighted by molar-refractivity contribution is 0.189. The third-order valence-electron chi connectivity index (χ3n) is 2.09. The summed E-state index contributed by atoms with van der Waals surface area (Å²) in [5, 5.41) is 11.7. The van der Waals surface area contributed by atoms with Gasteiger partial charge < -0.3 is 10.1 Å². The van der Waals surface area contributed by atoms with Crippen LogP contribution in [0.25, 0.3) is 0 Å². The van der Waals surface area contributed by atoms with Crippen molar-refractivity contribution in [3.8, 4) is 0 Å². The van der Waals surface area contributed by atoms with Crippen LogP contribution in [0.3, 0.4) is 0 Å². The highest BCUT2D eigenvalue weighted by Crippen LogP contribution is 2.03. The van der Waals surface area contributed by atoms with Crippen molar-refractivity contribution < 1.29 is 9.53 Å². The zero-order chi connectivity index (χ0) is 10.7. The maximum Gasteiger partial charge on any atom is 0.321 e. The number of carbonyl (C=O) groups is 1. The first-order valence-electron chi connectivity index (χ1n) is 4.78. The van der Waals surface area contributed by atoms with Crippen molar-refractivity contribution in [3.63, 3.8) is 0 Å². The van der Waals surface area contributed by atoms with Crippen molar-refractivity contribution >= 4 is 12.0 Å². The fourth-order valence-corrected chi connectivity index (χ4v) is 1.37. The summed E-state index contributed by atoms with van der Waals surface area (Å²) in [4.78, 5) is 15.4. The van der Waals surface area contributed by atoms with Crippen molar-refractivity contribution in [2.45, 2.75) is 19.4 Å². The quantitative estimate of drug-likeness (QED) is 0.643. The molecule has 2 rings (SSSR count). The zero-order valence-electron chi connectivity index (χ0n) is 8.41. The van der Waals surface area contributed by atoms with Crippen LogP contribution in [0.2, 0.25) is 0 Å². The number of hydrogen-bond acceptors (Lipinski definition) is 4. The Labute approximate surface area is 86.6 Å². The Morgan fingerprint density at radius 1 is 1.67 bits per heavy atom. The van der Waals surface area contributed by atoms with Crippen LogP contribution in [0.4, 0.5) is 10.7 Å². The lowest BCUT2D eigenvalue weighted by atomic mass is 10.3. The number of nitrogens with zero attached hydrogens (tertiary/aromatic N) is 2. The molecule has 0 aliphatic carbocycles. The smallest absolute Gasteiger partial charge is 0.321 e. The monoisotopic (exact) mass is 211 g/mol. The second-order valence-electron chi connectivity index (χ2n) is 3.40. The molecule has 15 heavy (non-hydrogen) atoms. The van der Waals surface area contributed by atoms with Gasteiger partial charge in [-0.05, 0) is 13.3 Å². The van der Waals surface area contributed by atoms with Gasteiger partial charge in [-0.3, -0.25) is 10.4 Å². The molecule has 7 nitrogen and oxygen atoms in total. The summed E-state index contributed by atoms with van der Waals surface area (Å²) in [6.07, 6.45) is 0.848. The van der Waals surface area contributed by atoms with Crippen molar-refractivity contribution in [1.82, 2.24) is 20.5 Å². The van der Waals surface area contributed by atoms with Crippen molar-refractivity contribution in [2.24, 2.45) is 0 Å². The van der Waals surface area contributed by atoms with Crippen LogP contribution in [0.5, 0.6) is 0 Å². The Hall–Kier alpha value is -1.63. The number of hydrogen-bond donors (Lipinski definition) is 3. The predicted octanol–water partition coefficient (Wildman–Crippen LogP) is 0.0235. The molecule has 0 spiro atoms. The number of aromatic nitrogens is 3. The average Bonchev–Trinajstić information content (AvgIpc) is 2.77. The van der Waals surface area contributed by atoms with E-state index in [1.54, 1.807) is 6.92 Å². The number of aromatic amines is 1. The first-order chi connectivity index (χ1) is 7.24. The minimum atomic E-state index is -0.301. The van der Waals surface area contributed by atoms with E-state index in [0.29, 0.717) is 19.0 Å². The average molecular weight is 211 g/mol. The summed E-state index contributed by atoms with van der Waals surface area (Å²) in [6, 6.07) is -0.213. The highest BCUT2D eigenvalue weighted by molar-refractivity contribution is 5.87. The highest BCUT2D eigenvalue weighted by Gasteiger charge is 2.18. The predicted molar refractivity (Wildman–Crippen MR) is 52.5 cm³/mol. The van der Waals surface area contributed by atoms with Gasteiger partial charge in [0.25, 0.3) is 0 Å². The van der Waals surface area contributed by atoms with E-state index in [1.807, 2.05) is 0 Å². The summed E-state index contributed by atoms with van der Waals surface area (Å²) in [7, 11) is 0. The highest BCUT2D eigenvalue weighted by atomic mass is 16.5. The molecule has 1 atom stereocenters. The molecular formula is C8H13N5O2. The first-order valence-corrected chi connectivity index (χ1v) is 4.78. The normalized spacial score (nSPS) is 20.2. The molecule has 1 aliphatic heterocycles. The van der Waals surface area contributed by atoms with E-state index in [9.17, 15) is 4.79 Å². The fraction of sp³-hybridized carbons (Fsp3) is 0.625. The number of anilines is 1. The van der Waals surface area contributed by atoms with Crippen LogP contribution in [-0.4, -0.2) is 40.5 Å². The third-order valence-corrected chi connectivity index (χ3v) is 2.09. The number of urea groups is 1. The molecule has 0 bridgehead atoms. The standard InChI is InChI=1S/C8H13N5O2/c1-5-9-7(13-12-5)11-8(14)10-6-2-3-15-4-6/h6H,2-4H2,1H3,(H3,9,10,11,12,13,14). The van der Waals surface area contributed by atoms with Crippen LogP contribution in [-0.2, 0) is 4.74 Å². The molecule has 1 aliphatic rings. The van der Waals surface area contributed by atoms with Crippen molar-refractivity contribution in [2.75, 3.05) is 18.5 Å². The van der Waals surface area contributed by atoms with E-state index in [4.69, 9.17) is 4.74 Å². The van der Waals surface area contributed by atoms with Gasteiger partial charge in [0, 0.05) is 6.61 Å². The third kappa shape index (κ3) is 2.66. The number of aryl methyl sites for hydroxylation is 1. The van der Waals surface area contributed by atoms with Gasteiger partial charge in [0.2, 0.25) is 5.95 Å². The van der Waals surface area contributed by atoms with E-state index in [1.165, 1.54) is 0 Å². The van der Waals surface area contributed by atoms with Crippen LogP contribution in [0, 0.1) is 6.92 Å². The molecular weight excluding hydrogens is 198 g/mol. The molecule has 1 aromatic heterocycles. The Morgan fingerprint density at radius 3 is 3.13 bits per heavy atom. The lowest BCUT2D eigenvalue weighted by Crippen LogP contribution is -2.38. The molecule has 0 radical (unpaired) electrons. The van der Waals surface area contributed by atoms with Gasteiger partial charge in [0.05, 0.1) is 12.6 Å². The van der Waals surface area contributed by atoms with Crippen molar-refractivity contribution in [1.29, 1.82) is 0 Å². The zero-order valence-corrected chi connectivity index (χ0v) is 8.41. The number of nitrogens with one attached hydrogen (secondary N) is 3. The van der Waals surface area contributed by atoms with Crippen LogP contribution in [0.15, 0.2) is 0 Å². The van der Waals surface area contributed by atoms with Crippen LogP contribution in [0.1, 0.15) is 12.2 Å². The maximum atomic E-state index is 11.4. The minimum Gasteiger partial charge on any atom is -0.379 e. The number of H-pyrrole nitrogens is 1. The molecule has 7 heteroatoms. The summed E-state index contributed by atoms with van der Waals surface area (Å²) >= 11 is 0. The van der Waals surface area contributed by atoms with E-state index in [-0.39, 0.29) is 18.0 Å². The minimum absolute atomic E-state index is 0.0880. The van der Waals surface area contributed by atoms with E-state index >= 15 is 0 Å². The van der Waals surface area contributed by atoms with Crippen LogP contribution < -0.4 is 10.6 Å². The van der Waals surface area contributed by atoms with Crippen molar-refractivity contribution in [3.05, 3.63) is 5.82 Å². The number of amides is 2. The Morgan fingerprint density at radius 2 is 2.53 bits per heavy atom. The molecule has 1 saturated heterocycles. The second-order valence-corrected chi connectivity index (χ2v) is 3.40. The summed E-state index contributed by atoms with van der Waals surface area (Å²) < 4.78 is 5.13. The largest absolute Gasteiger partial charge is 0.379 e. The molecule has 2 amide bonds. The van der Waals surface area contributed by atoms with Gasteiger partial charge in [-0.1, -0.05) is 0 Å². The molecule has 3 N–H and O–H groups in total. The Kier molecular flexibility index (Phi) is 2.82. The van der Waals surface area contributed by atoms with Gasteiger partial charge in [0.15, 0.2) is 0 Å². The fourth-order valence-electron chi connectivity index (χ4n) is 1.37. The van der Waals surface area contributed by atoms with Gasteiger partial charge in [-0.15, -0.1) is 5.10 Å². The Balaban J connectivity index is 1.81. The molecule has 0 saturated carbocycles. The molecule has 1 fully saturated rings. The first kappa shape index (κ1) is 9.91. The van der Waals surface area contributed by atoms with Gasteiger partial charge in [0.1, 0.15) is 5.82 Å². The molecule has 1 aromatic rings. The van der Waals surface area contributed by atoms with Crippen LogP contribution >= 0.6 is 0 Å². The van der Waals surface area contributed by atoms with Gasteiger partial charge in [-0.25, -0.2) is 4.79 Å². The van der Waals surface area contributed by atoms with E-state index < -0.39 is 0 Å². The molecule has 0 aromatic carbocycles. The summed E-state index contributed by atoms with van der Waals surface area (Å²) in [6.45, 7) is 3.03. The number of rotatable bonds is 2. The SMILES string of the molecule is Cc1nc(NC(=O)NC2CCOC2)n[nH]1. The topological polar surface area (TPSA) is 91.9 Å². The van der Waals surface area contributed by atoms with E-state index in [2.05, 4.69) is 25.8 Å². The molecule has 82 valence electrons. The maximum absolute atomic E-state index is 11.4. The molecule has 2 heterocycles.